The van der Waals surface area contributed by atoms with Gasteiger partial charge in [-0.2, -0.15) is 0 Å². The molecule has 0 unspecified atom stereocenters. The van der Waals surface area contributed by atoms with E-state index in [0.29, 0.717) is 12.2 Å². The van der Waals surface area contributed by atoms with E-state index in [1.54, 1.807) is 18.0 Å². The molecule has 2 amide bonds. The number of nitrogens with zero attached hydrogens (tertiary/aromatic N) is 2. The van der Waals surface area contributed by atoms with Crippen molar-refractivity contribution in [3.63, 3.8) is 0 Å². The Hall–Kier alpha value is -3.74. The summed E-state index contributed by atoms with van der Waals surface area (Å²) in [4.78, 5) is 39.5. The van der Waals surface area contributed by atoms with Gasteiger partial charge in [-0.25, -0.2) is 4.39 Å². The second-order valence-corrected chi connectivity index (χ2v) is 7.40. The van der Waals surface area contributed by atoms with Gasteiger partial charge in [0.05, 0.1) is 0 Å². The van der Waals surface area contributed by atoms with Gasteiger partial charge >= 0.3 is 0 Å². The molecule has 160 valence electrons. The van der Waals surface area contributed by atoms with E-state index in [0.717, 1.165) is 5.56 Å². The molecule has 0 saturated carbocycles. The van der Waals surface area contributed by atoms with E-state index in [2.05, 4.69) is 5.32 Å². The Labute approximate surface area is 179 Å². The molecule has 2 aromatic carbocycles. The van der Waals surface area contributed by atoms with Gasteiger partial charge in [-0.05, 0) is 47.9 Å². The van der Waals surface area contributed by atoms with Crippen LogP contribution in [-0.2, 0) is 11.3 Å². The molecule has 0 aliphatic rings. The molecule has 0 radical (unpaired) electrons. The summed E-state index contributed by atoms with van der Waals surface area (Å²) in [5.74, 6) is -1.14. The zero-order valence-electron chi connectivity index (χ0n) is 17.4. The molecule has 0 saturated heterocycles. The number of aromatic nitrogens is 1. The van der Waals surface area contributed by atoms with Crippen molar-refractivity contribution in [2.24, 2.45) is 0 Å². The highest BCUT2D eigenvalue weighted by atomic mass is 19.1. The zero-order valence-corrected chi connectivity index (χ0v) is 17.4. The van der Waals surface area contributed by atoms with E-state index < -0.39 is 17.3 Å². The maximum absolute atomic E-state index is 13.0. The van der Waals surface area contributed by atoms with Crippen molar-refractivity contribution in [2.75, 3.05) is 18.9 Å². The lowest BCUT2D eigenvalue weighted by Gasteiger charge is -2.22. The number of rotatable bonds is 7. The molecule has 1 heterocycles. The lowest BCUT2D eigenvalue weighted by molar-refractivity contribution is -0.130. The Bertz CT molecular complexity index is 1110. The second-order valence-electron chi connectivity index (χ2n) is 7.40. The molecule has 0 bridgehead atoms. The molecule has 7 heteroatoms. The third-order valence-corrected chi connectivity index (χ3v) is 5.01. The predicted octanol–water partition coefficient (Wildman–Crippen LogP) is 3.50. The minimum atomic E-state index is -0.621. The van der Waals surface area contributed by atoms with Crippen LogP contribution < -0.4 is 10.9 Å². The first-order valence-corrected chi connectivity index (χ1v) is 9.90. The third kappa shape index (κ3) is 5.66. The number of likely N-dealkylation sites (N-methyl/N-ethyl adjacent to an activating group) is 1. The molecular formula is C24H24FN3O3. The molecule has 0 aliphatic carbocycles. The average molecular weight is 421 g/mol. The van der Waals surface area contributed by atoms with E-state index in [1.165, 1.54) is 41.1 Å². The van der Waals surface area contributed by atoms with E-state index in [-0.39, 0.29) is 23.9 Å². The summed E-state index contributed by atoms with van der Waals surface area (Å²) in [5, 5.41) is 2.56. The van der Waals surface area contributed by atoms with Crippen molar-refractivity contribution in [3.05, 3.63) is 100 Å². The van der Waals surface area contributed by atoms with Crippen molar-refractivity contribution in [3.8, 4) is 0 Å². The minimum Gasteiger partial charge on any atom is -0.344 e. The number of hydrogen-bond donors (Lipinski definition) is 1. The van der Waals surface area contributed by atoms with Gasteiger partial charge in [0.25, 0.3) is 11.5 Å². The molecule has 0 aliphatic heterocycles. The summed E-state index contributed by atoms with van der Waals surface area (Å²) >= 11 is 0. The van der Waals surface area contributed by atoms with Gasteiger partial charge in [-0.3, -0.25) is 14.4 Å². The van der Waals surface area contributed by atoms with E-state index >= 15 is 0 Å². The fourth-order valence-corrected chi connectivity index (χ4v) is 3.23. The maximum Gasteiger partial charge on any atom is 0.263 e. The fourth-order valence-electron chi connectivity index (χ4n) is 3.23. The number of anilines is 1. The number of carbonyl (C=O) groups excluding carboxylic acids is 2. The van der Waals surface area contributed by atoms with E-state index in [9.17, 15) is 18.8 Å². The summed E-state index contributed by atoms with van der Waals surface area (Å²) in [7, 11) is 1.69. The SMILES string of the molecule is C[C@H](CN(C)C(=O)Cn1cccc(C(=O)Nc2ccc(F)cc2)c1=O)c1ccccc1. The standard InChI is InChI=1S/C24H24FN3O3/c1-17(18-7-4-3-5-8-18)15-27(2)22(29)16-28-14-6-9-21(24(28)31)23(30)26-20-12-10-19(25)11-13-20/h3-14,17H,15-16H2,1-2H3,(H,26,30)/t17-/m1/s1. The molecule has 1 atom stereocenters. The number of carbonyl (C=O) groups is 2. The lowest BCUT2D eigenvalue weighted by atomic mass is 10.0. The highest BCUT2D eigenvalue weighted by Crippen LogP contribution is 2.15. The summed E-state index contributed by atoms with van der Waals surface area (Å²) in [6.07, 6.45) is 1.48. The Morgan fingerprint density at radius 3 is 2.39 bits per heavy atom. The molecule has 1 N–H and O–H groups in total. The van der Waals surface area contributed by atoms with Gasteiger partial charge in [0.2, 0.25) is 5.91 Å². The smallest absolute Gasteiger partial charge is 0.263 e. The van der Waals surface area contributed by atoms with Crippen molar-refractivity contribution < 1.29 is 14.0 Å². The number of pyridine rings is 1. The van der Waals surface area contributed by atoms with Crippen LogP contribution in [0.15, 0.2) is 77.7 Å². The summed E-state index contributed by atoms with van der Waals surface area (Å²) in [5.41, 5.74) is 0.825. The molecule has 31 heavy (non-hydrogen) atoms. The van der Waals surface area contributed by atoms with Crippen LogP contribution in [0.2, 0.25) is 0 Å². The number of halogens is 1. The van der Waals surface area contributed by atoms with Gasteiger partial charge in [0.15, 0.2) is 0 Å². The highest BCUT2D eigenvalue weighted by Gasteiger charge is 2.17. The molecule has 1 aromatic heterocycles. The van der Waals surface area contributed by atoms with Gasteiger partial charge in [-0.1, -0.05) is 37.3 Å². The summed E-state index contributed by atoms with van der Waals surface area (Å²) in [6.45, 7) is 2.36. The van der Waals surface area contributed by atoms with E-state index in [4.69, 9.17) is 0 Å². The molecule has 3 rings (SSSR count). The van der Waals surface area contributed by atoms with Crippen molar-refractivity contribution in [2.45, 2.75) is 19.4 Å². The van der Waals surface area contributed by atoms with Crippen molar-refractivity contribution >= 4 is 17.5 Å². The topological polar surface area (TPSA) is 71.4 Å². The quantitative estimate of drug-likeness (QED) is 0.635. The molecule has 0 fully saturated rings. The second kappa shape index (κ2) is 9.84. The lowest BCUT2D eigenvalue weighted by Crippen LogP contribution is -2.37. The average Bonchev–Trinajstić information content (AvgIpc) is 2.77. The first-order valence-electron chi connectivity index (χ1n) is 9.90. The van der Waals surface area contributed by atoms with Crippen molar-refractivity contribution in [1.82, 2.24) is 9.47 Å². The first-order chi connectivity index (χ1) is 14.8. The van der Waals surface area contributed by atoms with Crippen LogP contribution in [-0.4, -0.2) is 34.9 Å². The predicted molar refractivity (Wildman–Crippen MR) is 118 cm³/mol. The van der Waals surface area contributed by atoms with Crippen LogP contribution in [0.3, 0.4) is 0 Å². The van der Waals surface area contributed by atoms with E-state index in [1.807, 2.05) is 37.3 Å². The number of nitrogens with one attached hydrogen (secondary N) is 1. The van der Waals surface area contributed by atoms with Gasteiger partial charge < -0.3 is 14.8 Å². The molecular weight excluding hydrogens is 397 g/mol. The van der Waals surface area contributed by atoms with Crippen LogP contribution in [0.5, 0.6) is 0 Å². The van der Waals surface area contributed by atoms with Gasteiger partial charge in [0.1, 0.15) is 17.9 Å². The fraction of sp³-hybridized carbons (Fsp3) is 0.208. The van der Waals surface area contributed by atoms with Gasteiger partial charge in [-0.15, -0.1) is 0 Å². The van der Waals surface area contributed by atoms with Crippen LogP contribution in [0.25, 0.3) is 0 Å². The van der Waals surface area contributed by atoms with Crippen LogP contribution in [0.1, 0.15) is 28.8 Å². The molecule has 3 aromatic rings. The van der Waals surface area contributed by atoms with Crippen LogP contribution >= 0.6 is 0 Å². The monoisotopic (exact) mass is 421 g/mol. The van der Waals surface area contributed by atoms with Gasteiger partial charge in [0, 0.05) is 25.5 Å². The molecule has 0 spiro atoms. The Morgan fingerprint density at radius 1 is 1.03 bits per heavy atom. The normalized spacial score (nSPS) is 11.6. The summed E-state index contributed by atoms with van der Waals surface area (Å²) < 4.78 is 14.2. The largest absolute Gasteiger partial charge is 0.344 e. The molecule has 6 nitrogen and oxygen atoms in total. The number of amides is 2. The minimum absolute atomic E-state index is 0.0973. The van der Waals surface area contributed by atoms with Crippen LogP contribution in [0.4, 0.5) is 10.1 Å². The Kier molecular flexibility index (Phi) is 6.97. The Morgan fingerprint density at radius 2 is 1.71 bits per heavy atom. The first kappa shape index (κ1) is 22.0. The number of benzene rings is 2. The zero-order chi connectivity index (χ0) is 22.4. The Balaban J connectivity index is 1.67. The third-order valence-electron chi connectivity index (χ3n) is 5.01. The maximum atomic E-state index is 13.0. The van der Waals surface area contributed by atoms with Crippen LogP contribution in [0, 0.1) is 5.82 Å². The number of hydrogen-bond acceptors (Lipinski definition) is 3. The summed E-state index contributed by atoms with van der Waals surface area (Å²) in [6, 6.07) is 18.0. The highest BCUT2D eigenvalue weighted by molar-refractivity contribution is 6.04. The van der Waals surface area contributed by atoms with Crippen molar-refractivity contribution in [1.29, 1.82) is 0 Å².